The van der Waals surface area contributed by atoms with Crippen molar-refractivity contribution in [3.63, 3.8) is 0 Å². The topological polar surface area (TPSA) is 39.9 Å². The van der Waals surface area contributed by atoms with Gasteiger partial charge in [-0.1, -0.05) is 0 Å². The van der Waals surface area contributed by atoms with Crippen molar-refractivity contribution in [2.24, 2.45) is 0 Å². The maximum atomic E-state index is 13.2. The minimum Gasteiger partial charge on any atom is -0.494 e. The highest BCUT2D eigenvalue weighted by molar-refractivity contribution is 5.37. The fourth-order valence-electron chi connectivity index (χ4n) is 1.13. The fourth-order valence-corrected chi connectivity index (χ4v) is 1.13. The van der Waals surface area contributed by atoms with Gasteiger partial charge in [-0.3, -0.25) is 0 Å². The molecule has 0 bridgehead atoms. The van der Waals surface area contributed by atoms with Gasteiger partial charge in [-0.15, -0.1) is 0 Å². The van der Waals surface area contributed by atoms with Gasteiger partial charge in [0.15, 0.2) is 11.6 Å². The van der Waals surface area contributed by atoms with Crippen molar-refractivity contribution in [3.05, 3.63) is 36.4 Å². The van der Waals surface area contributed by atoms with Crippen molar-refractivity contribution in [3.8, 4) is 11.4 Å². The van der Waals surface area contributed by atoms with Crippen LogP contribution in [0.2, 0.25) is 0 Å². The van der Waals surface area contributed by atoms with Crippen LogP contribution in [0.3, 0.4) is 0 Å². The molecule has 1 heterocycles. The summed E-state index contributed by atoms with van der Waals surface area (Å²) in [6, 6.07) is 4.54. The van der Waals surface area contributed by atoms with Gasteiger partial charge in [0.2, 0.25) is 0 Å². The maximum Gasteiger partial charge on any atom is 0.167 e. The molecule has 0 saturated carbocycles. The number of methoxy groups -OCH3 is 1. The Morgan fingerprint density at radius 1 is 1.29 bits per heavy atom. The first-order chi connectivity index (χ1) is 6.81. The van der Waals surface area contributed by atoms with Gasteiger partial charge >= 0.3 is 0 Å². The van der Waals surface area contributed by atoms with Gasteiger partial charge in [0.1, 0.15) is 0 Å². The molecular formula is C9H8FN3O. The molecule has 72 valence electrons. The summed E-state index contributed by atoms with van der Waals surface area (Å²) in [4.78, 5) is 1.34. The molecule has 0 atom stereocenters. The SMILES string of the molecule is COc1ccc(-n2nccn2)cc1F. The van der Waals surface area contributed by atoms with Gasteiger partial charge in [0, 0.05) is 6.07 Å². The second kappa shape index (κ2) is 3.45. The summed E-state index contributed by atoms with van der Waals surface area (Å²) in [5.74, 6) is -0.219. The summed E-state index contributed by atoms with van der Waals surface area (Å²) in [6.07, 6.45) is 3.06. The van der Waals surface area contributed by atoms with Crippen molar-refractivity contribution in [1.29, 1.82) is 0 Å². The van der Waals surface area contributed by atoms with Crippen molar-refractivity contribution < 1.29 is 9.13 Å². The van der Waals surface area contributed by atoms with Crippen LogP contribution in [0, 0.1) is 5.82 Å². The predicted octanol–water partition coefficient (Wildman–Crippen LogP) is 1.41. The molecule has 0 spiro atoms. The molecule has 0 saturated heterocycles. The molecule has 2 aromatic rings. The number of hydrogen-bond donors (Lipinski definition) is 0. The van der Waals surface area contributed by atoms with E-state index < -0.39 is 5.82 Å². The van der Waals surface area contributed by atoms with E-state index in [4.69, 9.17) is 4.74 Å². The van der Waals surface area contributed by atoms with Crippen LogP contribution < -0.4 is 4.74 Å². The molecular weight excluding hydrogens is 185 g/mol. The second-order valence-corrected chi connectivity index (χ2v) is 2.64. The number of aromatic nitrogens is 3. The molecule has 14 heavy (non-hydrogen) atoms. The standard InChI is InChI=1S/C9H8FN3O/c1-14-9-3-2-7(6-8(9)10)13-11-4-5-12-13/h2-6H,1H3. The van der Waals surface area contributed by atoms with Gasteiger partial charge in [-0.2, -0.15) is 15.0 Å². The van der Waals surface area contributed by atoms with E-state index in [0.29, 0.717) is 5.69 Å². The van der Waals surface area contributed by atoms with Crippen LogP contribution in [0.25, 0.3) is 5.69 Å². The summed E-state index contributed by atoms with van der Waals surface area (Å²) in [6.45, 7) is 0. The third-order valence-electron chi connectivity index (χ3n) is 1.79. The Balaban J connectivity index is 2.43. The summed E-state index contributed by atoms with van der Waals surface area (Å²) in [7, 11) is 1.42. The second-order valence-electron chi connectivity index (χ2n) is 2.64. The van der Waals surface area contributed by atoms with E-state index in [1.54, 1.807) is 6.07 Å². The lowest BCUT2D eigenvalue weighted by molar-refractivity contribution is 0.386. The smallest absolute Gasteiger partial charge is 0.167 e. The van der Waals surface area contributed by atoms with E-state index in [1.165, 1.54) is 36.4 Å². The quantitative estimate of drug-likeness (QED) is 0.724. The third-order valence-corrected chi connectivity index (χ3v) is 1.79. The largest absolute Gasteiger partial charge is 0.494 e. The summed E-state index contributed by atoms with van der Waals surface area (Å²) in [5, 5.41) is 7.76. The zero-order chi connectivity index (χ0) is 9.97. The Hall–Kier alpha value is -1.91. The lowest BCUT2D eigenvalue weighted by atomic mass is 10.3. The van der Waals surface area contributed by atoms with Crippen LogP contribution in [-0.2, 0) is 0 Å². The van der Waals surface area contributed by atoms with Crippen LogP contribution in [0.15, 0.2) is 30.6 Å². The van der Waals surface area contributed by atoms with E-state index in [0.717, 1.165) is 0 Å². The van der Waals surface area contributed by atoms with Crippen molar-refractivity contribution in [2.45, 2.75) is 0 Å². The molecule has 0 aliphatic heterocycles. The number of halogens is 1. The molecule has 0 unspecified atom stereocenters. The number of ether oxygens (including phenoxy) is 1. The predicted molar refractivity (Wildman–Crippen MR) is 47.9 cm³/mol. The first-order valence-electron chi connectivity index (χ1n) is 4.01. The first kappa shape index (κ1) is 8.68. The highest BCUT2D eigenvalue weighted by Gasteiger charge is 2.04. The Labute approximate surface area is 79.9 Å². The van der Waals surface area contributed by atoms with Crippen LogP contribution in [0.4, 0.5) is 4.39 Å². The molecule has 4 nitrogen and oxygen atoms in total. The molecule has 5 heteroatoms. The molecule has 1 aromatic heterocycles. The molecule has 0 radical (unpaired) electrons. The summed E-state index contributed by atoms with van der Waals surface area (Å²) >= 11 is 0. The summed E-state index contributed by atoms with van der Waals surface area (Å²) < 4.78 is 18.0. The molecule has 0 N–H and O–H groups in total. The molecule has 0 aliphatic rings. The molecule has 0 amide bonds. The summed E-state index contributed by atoms with van der Waals surface area (Å²) in [5.41, 5.74) is 0.563. The van der Waals surface area contributed by atoms with E-state index in [9.17, 15) is 4.39 Å². The Bertz CT molecular complexity index is 428. The monoisotopic (exact) mass is 193 g/mol. The number of nitrogens with zero attached hydrogens (tertiary/aromatic N) is 3. The number of benzene rings is 1. The molecule has 1 aromatic carbocycles. The van der Waals surface area contributed by atoms with Crippen molar-refractivity contribution in [2.75, 3.05) is 7.11 Å². The Kier molecular flexibility index (Phi) is 2.14. The van der Waals surface area contributed by atoms with E-state index >= 15 is 0 Å². The zero-order valence-electron chi connectivity index (χ0n) is 7.51. The fraction of sp³-hybridized carbons (Fsp3) is 0.111. The van der Waals surface area contributed by atoms with Crippen LogP contribution in [0.1, 0.15) is 0 Å². The minimum absolute atomic E-state index is 0.209. The van der Waals surface area contributed by atoms with Crippen LogP contribution in [-0.4, -0.2) is 22.1 Å². The molecule has 0 fully saturated rings. The normalized spacial score (nSPS) is 10.1. The zero-order valence-corrected chi connectivity index (χ0v) is 7.51. The third kappa shape index (κ3) is 1.44. The average molecular weight is 193 g/mol. The maximum absolute atomic E-state index is 13.2. The van der Waals surface area contributed by atoms with Gasteiger partial charge in [0.05, 0.1) is 25.2 Å². The minimum atomic E-state index is -0.428. The molecule has 2 rings (SSSR count). The Morgan fingerprint density at radius 2 is 2.00 bits per heavy atom. The van der Waals surface area contributed by atoms with Crippen molar-refractivity contribution in [1.82, 2.24) is 15.0 Å². The lowest BCUT2D eigenvalue weighted by Crippen LogP contribution is -1.99. The van der Waals surface area contributed by atoms with E-state index in [-0.39, 0.29) is 5.75 Å². The Morgan fingerprint density at radius 3 is 2.57 bits per heavy atom. The first-order valence-corrected chi connectivity index (χ1v) is 4.01. The van der Waals surface area contributed by atoms with Gasteiger partial charge in [-0.25, -0.2) is 4.39 Å². The molecule has 0 aliphatic carbocycles. The van der Waals surface area contributed by atoms with Crippen molar-refractivity contribution >= 4 is 0 Å². The van der Waals surface area contributed by atoms with Crippen LogP contribution >= 0.6 is 0 Å². The van der Waals surface area contributed by atoms with Gasteiger partial charge in [-0.05, 0) is 12.1 Å². The van der Waals surface area contributed by atoms with Gasteiger partial charge in [0.25, 0.3) is 0 Å². The van der Waals surface area contributed by atoms with E-state index in [2.05, 4.69) is 10.2 Å². The highest BCUT2D eigenvalue weighted by Crippen LogP contribution is 2.18. The highest BCUT2D eigenvalue weighted by atomic mass is 19.1. The van der Waals surface area contributed by atoms with E-state index in [1.807, 2.05) is 0 Å². The number of rotatable bonds is 2. The van der Waals surface area contributed by atoms with Gasteiger partial charge < -0.3 is 4.74 Å². The average Bonchev–Trinajstić information content (AvgIpc) is 2.70. The number of hydrogen-bond acceptors (Lipinski definition) is 3. The lowest BCUT2D eigenvalue weighted by Gasteiger charge is -2.03. The van der Waals surface area contributed by atoms with Crippen LogP contribution in [0.5, 0.6) is 5.75 Å².